The van der Waals surface area contributed by atoms with Crippen molar-refractivity contribution in [3.05, 3.63) is 22.4 Å². The Labute approximate surface area is 122 Å². The second-order valence-corrected chi connectivity index (χ2v) is 6.03. The van der Waals surface area contributed by atoms with Gasteiger partial charge in [0.1, 0.15) is 6.04 Å². The van der Waals surface area contributed by atoms with Gasteiger partial charge in [0.25, 0.3) is 0 Å². The highest BCUT2D eigenvalue weighted by Gasteiger charge is 2.29. The summed E-state index contributed by atoms with van der Waals surface area (Å²) in [5.41, 5.74) is 0. The minimum Gasteiger partial charge on any atom is -0.480 e. The number of thiophene rings is 1. The fourth-order valence-corrected chi connectivity index (χ4v) is 3.19. The van der Waals surface area contributed by atoms with E-state index >= 15 is 0 Å². The van der Waals surface area contributed by atoms with Crippen molar-refractivity contribution in [2.45, 2.75) is 31.7 Å². The molecular weight excluding hydrogens is 276 g/mol. The highest BCUT2D eigenvalue weighted by Crippen LogP contribution is 2.16. The number of carbonyl (C=O) groups excluding carboxylic acids is 1. The number of hydrogen-bond donors (Lipinski definition) is 2. The van der Waals surface area contributed by atoms with Crippen molar-refractivity contribution < 1.29 is 14.7 Å². The molecule has 0 bridgehead atoms. The van der Waals surface area contributed by atoms with Gasteiger partial charge in [-0.3, -0.25) is 14.5 Å². The van der Waals surface area contributed by atoms with Gasteiger partial charge in [-0.15, -0.1) is 11.3 Å². The van der Waals surface area contributed by atoms with Crippen LogP contribution in [0, 0.1) is 0 Å². The predicted octanol–water partition coefficient (Wildman–Crippen LogP) is 1.35. The number of hydrogen-bond acceptors (Lipinski definition) is 4. The van der Waals surface area contributed by atoms with Gasteiger partial charge < -0.3 is 10.4 Å². The molecule has 0 aromatic carbocycles. The van der Waals surface area contributed by atoms with Gasteiger partial charge in [0.05, 0.1) is 6.54 Å². The lowest BCUT2D eigenvalue weighted by atomic mass is 10.0. The van der Waals surface area contributed by atoms with E-state index in [0.717, 1.165) is 19.3 Å². The van der Waals surface area contributed by atoms with Crippen molar-refractivity contribution in [1.82, 2.24) is 10.2 Å². The quantitative estimate of drug-likeness (QED) is 0.831. The van der Waals surface area contributed by atoms with Gasteiger partial charge in [0.2, 0.25) is 5.91 Å². The number of likely N-dealkylation sites (tertiary alicyclic amines) is 1. The summed E-state index contributed by atoms with van der Waals surface area (Å²) in [4.78, 5) is 26.0. The fourth-order valence-electron chi connectivity index (χ4n) is 2.48. The molecule has 0 spiro atoms. The van der Waals surface area contributed by atoms with Crippen molar-refractivity contribution in [3.8, 4) is 0 Å². The molecule has 0 saturated carbocycles. The molecule has 2 rings (SSSR count). The van der Waals surface area contributed by atoms with Crippen LogP contribution >= 0.6 is 11.3 Å². The Bertz CT molecular complexity index is 447. The SMILES string of the molecule is O=C(CN1CCCCC1C(=O)O)NCCc1cccs1. The molecular formula is C14H20N2O3S. The molecule has 1 aliphatic heterocycles. The smallest absolute Gasteiger partial charge is 0.320 e. The van der Waals surface area contributed by atoms with Crippen molar-refractivity contribution in [3.63, 3.8) is 0 Å². The summed E-state index contributed by atoms with van der Waals surface area (Å²) in [6.07, 6.45) is 3.35. The van der Waals surface area contributed by atoms with Crippen LogP contribution in [0.2, 0.25) is 0 Å². The van der Waals surface area contributed by atoms with Gasteiger partial charge in [-0.2, -0.15) is 0 Å². The van der Waals surface area contributed by atoms with Crippen LogP contribution in [0.3, 0.4) is 0 Å². The monoisotopic (exact) mass is 296 g/mol. The van der Waals surface area contributed by atoms with Crippen LogP contribution in [-0.4, -0.2) is 47.6 Å². The Hall–Kier alpha value is -1.40. The number of aliphatic carboxylic acids is 1. The molecule has 1 saturated heterocycles. The molecule has 1 aromatic rings. The summed E-state index contributed by atoms with van der Waals surface area (Å²) in [6, 6.07) is 3.53. The third-order valence-electron chi connectivity index (χ3n) is 3.52. The fraction of sp³-hybridized carbons (Fsp3) is 0.571. The highest BCUT2D eigenvalue weighted by molar-refractivity contribution is 7.09. The van der Waals surface area contributed by atoms with E-state index in [-0.39, 0.29) is 12.5 Å². The zero-order chi connectivity index (χ0) is 14.4. The number of rotatable bonds is 6. The summed E-state index contributed by atoms with van der Waals surface area (Å²) < 4.78 is 0. The highest BCUT2D eigenvalue weighted by atomic mass is 32.1. The number of carboxylic acid groups (broad SMARTS) is 1. The molecule has 20 heavy (non-hydrogen) atoms. The molecule has 2 N–H and O–H groups in total. The summed E-state index contributed by atoms with van der Waals surface area (Å²) >= 11 is 1.68. The number of carbonyl (C=O) groups is 2. The third-order valence-corrected chi connectivity index (χ3v) is 4.46. The molecule has 0 aliphatic carbocycles. The molecule has 1 fully saturated rings. The molecule has 1 atom stereocenters. The van der Waals surface area contributed by atoms with E-state index in [1.54, 1.807) is 16.2 Å². The summed E-state index contributed by atoms with van der Waals surface area (Å²) in [5, 5.41) is 14.0. The molecule has 1 aromatic heterocycles. The first-order valence-corrected chi connectivity index (χ1v) is 7.80. The van der Waals surface area contributed by atoms with Crippen LogP contribution in [0.5, 0.6) is 0 Å². The lowest BCUT2D eigenvalue weighted by molar-refractivity contribution is -0.145. The van der Waals surface area contributed by atoms with E-state index in [2.05, 4.69) is 5.32 Å². The van der Waals surface area contributed by atoms with E-state index in [4.69, 9.17) is 5.11 Å². The molecule has 6 heteroatoms. The van der Waals surface area contributed by atoms with Crippen LogP contribution in [0.4, 0.5) is 0 Å². The van der Waals surface area contributed by atoms with Gasteiger partial charge in [-0.05, 0) is 37.3 Å². The van der Waals surface area contributed by atoms with Crippen molar-refractivity contribution in [2.24, 2.45) is 0 Å². The average molecular weight is 296 g/mol. The minimum atomic E-state index is -0.823. The maximum absolute atomic E-state index is 11.9. The van der Waals surface area contributed by atoms with Crippen molar-refractivity contribution in [2.75, 3.05) is 19.6 Å². The second kappa shape index (κ2) is 7.40. The molecule has 0 radical (unpaired) electrons. The van der Waals surface area contributed by atoms with Crippen molar-refractivity contribution >= 4 is 23.2 Å². The largest absolute Gasteiger partial charge is 0.480 e. The molecule has 1 amide bonds. The number of carboxylic acids is 1. The van der Waals surface area contributed by atoms with Gasteiger partial charge in [-0.25, -0.2) is 0 Å². The maximum atomic E-state index is 11.9. The second-order valence-electron chi connectivity index (χ2n) is 5.00. The zero-order valence-corrected chi connectivity index (χ0v) is 12.2. The van der Waals surface area contributed by atoms with E-state index in [0.29, 0.717) is 19.5 Å². The molecule has 5 nitrogen and oxygen atoms in total. The third kappa shape index (κ3) is 4.31. The first-order chi connectivity index (χ1) is 9.66. The Morgan fingerprint density at radius 1 is 1.45 bits per heavy atom. The van der Waals surface area contributed by atoms with Gasteiger partial charge in [0, 0.05) is 11.4 Å². The van der Waals surface area contributed by atoms with E-state index in [9.17, 15) is 9.59 Å². The Morgan fingerprint density at radius 3 is 3.00 bits per heavy atom. The first-order valence-electron chi connectivity index (χ1n) is 6.93. The lowest BCUT2D eigenvalue weighted by Gasteiger charge is -2.32. The minimum absolute atomic E-state index is 0.0882. The summed E-state index contributed by atoms with van der Waals surface area (Å²) in [7, 11) is 0. The Morgan fingerprint density at radius 2 is 2.30 bits per heavy atom. The molecule has 110 valence electrons. The standard InChI is InChI=1S/C14H20N2O3S/c17-13(15-7-6-11-4-3-9-20-11)10-16-8-2-1-5-12(16)14(18)19/h3-4,9,12H,1-2,5-8,10H2,(H,15,17)(H,18,19). The van der Waals surface area contributed by atoms with Gasteiger partial charge >= 0.3 is 5.97 Å². The molecule has 1 aliphatic rings. The van der Waals surface area contributed by atoms with Crippen LogP contribution in [0.15, 0.2) is 17.5 Å². The van der Waals surface area contributed by atoms with Crippen LogP contribution < -0.4 is 5.32 Å². The van der Waals surface area contributed by atoms with Crippen LogP contribution in [0.1, 0.15) is 24.1 Å². The number of nitrogens with zero attached hydrogens (tertiary/aromatic N) is 1. The predicted molar refractivity (Wildman–Crippen MR) is 77.9 cm³/mol. The number of amides is 1. The first kappa shape index (κ1) is 15.0. The van der Waals surface area contributed by atoms with Gasteiger partial charge in [0.15, 0.2) is 0 Å². The molecule has 1 unspecified atom stereocenters. The van der Waals surface area contributed by atoms with Gasteiger partial charge in [-0.1, -0.05) is 12.5 Å². The van der Waals surface area contributed by atoms with E-state index < -0.39 is 12.0 Å². The average Bonchev–Trinajstić information content (AvgIpc) is 2.92. The normalized spacial score (nSPS) is 19.7. The van der Waals surface area contributed by atoms with Crippen LogP contribution in [-0.2, 0) is 16.0 Å². The van der Waals surface area contributed by atoms with Crippen LogP contribution in [0.25, 0.3) is 0 Å². The van der Waals surface area contributed by atoms with E-state index in [1.807, 2.05) is 17.5 Å². The maximum Gasteiger partial charge on any atom is 0.320 e. The Kier molecular flexibility index (Phi) is 5.55. The lowest BCUT2D eigenvalue weighted by Crippen LogP contribution is -2.49. The zero-order valence-electron chi connectivity index (χ0n) is 11.4. The number of nitrogens with one attached hydrogen (secondary N) is 1. The summed E-state index contributed by atoms with van der Waals surface area (Å²) in [6.45, 7) is 1.47. The van der Waals surface area contributed by atoms with E-state index in [1.165, 1.54) is 4.88 Å². The molecule has 2 heterocycles. The summed E-state index contributed by atoms with van der Waals surface area (Å²) in [5.74, 6) is -0.911. The Balaban J connectivity index is 1.73. The topological polar surface area (TPSA) is 69.6 Å². The number of piperidine rings is 1. The van der Waals surface area contributed by atoms with Crippen molar-refractivity contribution in [1.29, 1.82) is 0 Å².